The van der Waals surface area contributed by atoms with Crippen molar-refractivity contribution in [2.75, 3.05) is 13.1 Å². The largest absolute Gasteiger partial charge is 0.338 e. The summed E-state index contributed by atoms with van der Waals surface area (Å²) < 4.78 is 0. The predicted molar refractivity (Wildman–Crippen MR) is 69.0 cm³/mol. The molecule has 0 bridgehead atoms. The third-order valence-corrected chi connectivity index (χ3v) is 3.20. The molecule has 94 valence electrons. The van der Waals surface area contributed by atoms with Crippen LogP contribution in [0.3, 0.4) is 0 Å². The molecule has 5 nitrogen and oxygen atoms in total. The average molecular weight is 265 g/mol. The van der Waals surface area contributed by atoms with Gasteiger partial charge in [0.2, 0.25) is 5.91 Å². The van der Waals surface area contributed by atoms with Crippen LogP contribution in [-0.2, 0) is 11.3 Å². The van der Waals surface area contributed by atoms with Crippen molar-refractivity contribution < 1.29 is 4.79 Å². The van der Waals surface area contributed by atoms with Gasteiger partial charge in [-0.05, 0) is 29.1 Å². The third-order valence-electron chi connectivity index (χ3n) is 2.96. The fraction of sp³-hybridized carbons (Fsp3) is 0.417. The van der Waals surface area contributed by atoms with E-state index in [9.17, 15) is 4.79 Å². The fourth-order valence-electron chi connectivity index (χ4n) is 2.14. The van der Waals surface area contributed by atoms with Gasteiger partial charge in [-0.25, -0.2) is 0 Å². The van der Waals surface area contributed by atoms with E-state index in [1.165, 1.54) is 0 Å². The summed E-state index contributed by atoms with van der Waals surface area (Å²) in [6.45, 7) is 1.59. The Balaban J connectivity index is 1.98. The van der Waals surface area contributed by atoms with E-state index in [1.54, 1.807) is 11.0 Å². The van der Waals surface area contributed by atoms with Gasteiger partial charge < -0.3 is 4.90 Å². The number of carbonyl (C=O) groups excluding carboxylic acids is 1. The number of halogens is 1. The molecule has 0 N–H and O–H groups in total. The molecular weight excluding hydrogens is 252 g/mol. The standard InChI is InChI=1S/C12H13ClN4O/c13-11-3-1-2-9(4-11)7-17-8-10(5-12(17)18)6-15-16-14/h1-4,10H,5-8H2. The molecule has 0 aliphatic carbocycles. The molecule has 1 atom stereocenters. The minimum atomic E-state index is 0.105. The zero-order valence-corrected chi connectivity index (χ0v) is 10.5. The Hall–Kier alpha value is -1.71. The molecule has 1 aromatic carbocycles. The quantitative estimate of drug-likeness (QED) is 0.468. The van der Waals surface area contributed by atoms with E-state index in [0.29, 0.717) is 31.1 Å². The van der Waals surface area contributed by atoms with Crippen LogP contribution in [0.25, 0.3) is 10.4 Å². The SMILES string of the molecule is [N-]=[N+]=NCC1CC(=O)N(Cc2cccc(Cl)c2)C1. The first-order valence-electron chi connectivity index (χ1n) is 5.72. The fourth-order valence-corrected chi connectivity index (χ4v) is 2.35. The summed E-state index contributed by atoms with van der Waals surface area (Å²) in [5, 5.41) is 4.20. The maximum Gasteiger partial charge on any atom is 0.223 e. The van der Waals surface area contributed by atoms with Gasteiger partial charge in [-0.15, -0.1) is 0 Å². The van der Waals surface area contributed by atoms with Gasteiger partial charge in [0.05, 0.1) is 0 Å². The van der Waals surface area contributed by atoms with Crippen LogP contribution in [0.15, 0.2) is 29.4 Å². The minimum Gasteiger partial charge on any atom is -0.338 e. The minimum absolute atomic E-state index is 0.105. The normalized spacial score (nSPS) is 18.8. The van der Waals surface area contributed by atoms with Crippen LogP contribution in [0.5, 0.6) is 0 Å². The summed E-state index contributed by atoms with van der Waals surface area (Å²) in [7, 11) is 0. The first-order chi connectivity index (χ1) is 8.69. The lowest BCUT2D eigenvalue weighted by Gasteiger charge is -2.16. The second-order valence-corrected chi connectivity index (χ2v) is 4.82. The Labute approximate surface area is 110 Å². The van der Waals surface area contributed by atoms with Crippen LogP contribution in [0.4, 0.5) is 0 Å². The molecule has 1 aliphatic heterocycles. The van der Waals surface area contributed by atoms with Crippen molar-refractivity contribution in [3.63, 3.8) is 0 Å². The van der Waals surface area contributed by atoms with E-state index < -0.39 is 0 Å². The van der Waals surface area contributed by atoms with Gasteiger partial charge in [0.25, 0.3) is 0 Å². The third kappa shape index (κ3) is 3.15. The molecule has 1 heterocycles. The van der Waals surface area contributed by atoms with Gasteiger partial charge in [0.1, 0.15) is 0 Å². The molecule has 1 fully saturated rings. The van der Waals surface area contributed by atoms with Crippen molar-refractivity contribution in [3.05, 3.63) is 45.3 Å². The van der Waals surface area contributed by atoms with Crippen molar-refractivity contribution in [1.29, 1.82) is 0 Å². The molecular formula is C12H13ClN4O. The lowest BCUT2D eigenvalue weighted by Crippen LogP contribution is -2.24. The summed E-state index contributed by atoms with van der Waals surface area (Å²) in [6, 6.07) is 7.48. The molecule has 1 aliphatic rings. The molecule has 0 spiro atoms. The average Bonchev–Trinajstić information content (AvgIpc) is 2.68. The summed E-state index contributed by atoms with van der Waals surface area (Å²) in [4.78, 5) is 16.3. The Bertz CT molecular complexity index is 499. The van der Waals surface area contributed by atoms with E-state index in [2.05, 4.69) is 10.0 Å². The predicted octanol–water partition coefficient (Wildman–Crippen LogP) is 3.00. The number of amides is 1. The van der Waals surface area contributed by atoms with Gasteiger partial charge in [0, 0.05) is 36.0 Å². The molecule has 18 heavy (non-hydrogen) atoms. The number of likely N-dealkylation sites (tertiary alicyclic amines) is 1. The van der Waals surface area contributed by atoms with Gasteiger partial charge in [-0.3, -0.25) is 4.79 Å². The summed E-state index contributed by atoms with van der Waals surface area (Å²) in [5.74, 6) is 0.237. The lowest BCUT2D eigenvalue weighted by atomic mass is 10.1. The van der Waals surface area contributed by atoms with Crippen molar-refractivity contribution in [1.82, 2.24) is 4.90 Å². The van der Waals surface area contributed by atoms with Crippen LogP contribution in [-0.4, -0.2) is 23.9 Å². The van der Waals surface area contributed by atoms with Crippen molar-refractivity contribution >= 4 is 17.5 Å². The lowest BCUT2D eigenvalue weighted by molar-refractivity contribution is -0.128. The zero-order valence-electron chi connectivity index (χ0n) is 9.79. The van der Waals surface area contributed by atoms with E-state index >= 15 is 0 Å². The number of rotatable bonds is 4. The summed E-state index contributed by atoms with van der Waals surface area (Å²) in [6.07, 6.45) is 0.458. The number of benzene rings is 1. The van der Waals surface area contributed by atoms with Crippen LogP contribution < -0.4 is 0 Å². The van der Waals surface area contributed by atoms with Crippen LogP contribution in [0, 0.1) is 5.92 Å². The Kier molecular flexibility index (Phi) is 4.07. The van der Waals surface area contributed by atoms with Gasteiger partial charge in [0.15, 0.2) is 0 Å². The second kappa shape index (κ2) is 5.76. The first kappa shape index (κ1) is 12.7. The Morgan fingerprint density at radius 2 is 2.39 bits per heavy atom. The number of nitrogens with zero attached hydrogens (tertiary/aromatic N) is 4. The second-order valence-electron chi connectivity index (χ2n) is 4.39. The topological polar surface area (TPSA) is 69.1 Å². The highest BCUT2D eigenvalue weighted by molar-refractivity contribution is 6.30. The summed E-state index contributed by atoms with van der Waals surface area (Å²) in [5.41, 5.74) is 9.28. The highest BCUT2D eigenvalue weighted by Gasteiger charge is 2.28. The smallest absolute Gasteiger partial charge is 0.223 e. The molecule has 0 saturated carbocycles. The highest BCUT2D eigenvalue weighted by Crippen LogP contribution is 2.21. The van der Waals surface area contributed by atoms with Crippen LogP contribution in [0.2, 0.25) is 5.02 Å². The molecule has 1 amide bonds. The number of hydrogen-bond donors (Lipinski definition) is 0. The molecule has 1 unspecified atom stereocenters. The number of carbonyl (C=O) groups is 1. The van der Waals surface area contributed by atoms with E-state index in [0.717, 1.165) is 5.56 Å². The van der Waals surface area contributed by atoms with E-state index in [4.69, 9.17) is 17.1 Å². The number of hydrogen-bond acceptors (Lipinski definition) is 2. The highest BCUT2D eigenvalue weighted by atomic mass is 35.5. The van der Waals surface area contributed by atoms with Crippen molar-refractivity contribution in [2.45, 2.75) is 13.0 Å². The van der Waals surface area contributed by atoms with Crippen LogP contribution in [0.1, 0.15) is 12.0 Å². The molecule has 1 aromatic rings. The number of azide groups is 1. The van der Waals surface area contributed by atoms with Gasteiger partial charge >= 0.3 is 0 Å². The molecule has 0 radical (unpaired) electrons. The zero-order chi connectivity index (χ0) is 13.0. The Morgan fingerprint density at radius 3 is 3.11 bits per heavy atom. The maximum absolute atomic E-state index is 11.8. The molecule has 0 aromatic heterocycles. The maximum atomic E-state index is 11.8. The van der Waals surface area contributed by atoms with Crippen molar-refractivity contribution in [3.8, 4) is 0 Å². The van der Waals surface area contributed by atoms with E-state index in [1.807, 2.05) is 18.2 Å². The van der Waals surface area contributed by atoms with Crippen molar-refractivity contribution in [2.24, 2.45) is 11.0 Å². The molecule has 1 saturated heterocycles. The molecule has 6 heteroatoms. The van der Waals surface area contributed by atoms with E-state index in [-0.39, 0.29) is 11.8 Å². The van der Waals surface area contributed by atoms with Gasteiger partial charge in [-0.2, -0.15) is 0 Å². The first-order valence-corrected chi connectivity index (χ1v) is 6.10. The van der Waals surface area contributed by atoms with Gasteiger partial charge in [-0.1, -0.05) is 28.8 Å². The summed E-state index contributed by atoms with van der Waals surface area (Å²) >= 11 is 5.91. The monoisotopic (exact) mass is 264 g/mol. The van der Waals surface area contributed by atoms with Crippen LogP contribution >= 0.6 is 11.6 Å². The molecule has 2 rings (SSSR count). The Morgan fingerprint density at radius 1 is 1.56 bits per heavy atom.